The van der Waals surface area contributed by atoms with Crippen molar-refractivity contribution in [3.05, 3.63) is 0 Å². The second-order valence-electron chi connectivity index (χ2n) is 2.70. The minimum absolute atomic E-state index is 0.457. The summed E-state index contributed by atoms with van der Waals surface area (Å²) in [7, 11) is 3.73. The van der Waals surface area contributed by atoms with Crippen molar-refractivity contribution in [2.45, 2.75) is 6.42 Å². The molecule has 0 atom stereocenters. The molecule has 1 N–H and O–H groups in total. The molecule has 70 valence electrons. The van der Waals surface area contributed by atoms with Gasteiger partial charge in [0.15, 0.2) is 0 Å². The zero-order valence-corrected chi connectivity index (χ0v) is 7.29. The number of carboxylic acid groups (broad SMARTS) is 1. The van der Waals surface area contributed by atoms with Crippen molar-refractivity contribution >= 4 is 11.9 Å². The third kappa shape index (κ3) is 7.01. The molecule has 0 fully saturated rings. The molecule has 0 aliphatic carbocycles. The van der Waals surface area contributed by atoms with Crippen LogP contribution < -0.4 is 10.4 Å². The van der Waals surface area contributed by atoms with Crippen molar-refractivity contribution in [2.24, 2.45) is 0 Å². The lowest BCUT2D eigenvalue weighted by atomic mass is 10.4. The standard InChI is InChI=1S/C7H14N2O3/c1-9(2)4-3-8-6(10)5-7(11)12/h3-5H2,1-2H3,(H,8,10)(H,11,12)/p-1. The molecule has 0 radical (unpaired) electrons. The zero-order valence-electron chi connectivity index (χ0n) is 7.29. The van der Waals surface area contributed by atoms with Crippen LogP contribution in [0.1, 0.15) is 6.42 Å². The van der Waals surface area contributed by atoms with Gasteiger partial charge in [0, 0.05) is 13.1 Å². The van der Waals surface area contributed by atoms with Crippen molar-refractivity contribution in [2.75, 3.05) is 27.2 Å². The van der Waals surface area contributed by atoms with Crippen LogP contribution in [-0.2, 0) is 9.59 Å². The van der Waals surface area contributed by atoms with E-state index in [0.29, 0.717) is 13.1 Å². The van der Waals surface area contributed by atoms with Gasteiger partial charge in [-0.3, -0.25) is 4.79 Å². The molecule has 0 spiro atoms. The Balaban J connectivity index is 3.38. The number of hydrogen-bond donors (Lipinski definition) is 1. The Bertz CT molecular complexity index is 168. The Hall–Kier alpha value is -1.10. The van der Waals surface area contributed by atoms with Crippen molar-refractivity contribution in [3.63, 3.8) is 0 Å². The highest BCUT2D eigenvalue weighted by Gasteiger charge is 1.99. The minimum atomic E-state index is -1.35. The van der Waals surface area contributed by atoms with Crippen LogP contribution in [0.2, 0.25) is 0 Å². The van der Waals surface area contributed by atoms with Crippen LogP contribution >= 0.6 is 0 Å². The van der Waals surface area contributed by atoms with Crippen LogP contribution in [0.3, 0.4) is 0 Å². The van der Waals surface area contributed by atoms with E-state index in [-0.39, 0.29) is 0 Å². The molecule has 0 aliphatic heterocycles. The molecule has 0 unspecified atom stereocenters. The number of nitrogens with one attached hydrogen (secondary N) is 1. The highest BCUT2D eigenvalue weighted by atomic mass is 16.4. The number of carbonyl (C=O) groups excluding carboxylic acids is 2. The molecule has 0 bridgehead atoms. The van der Waals surface area contributed by atoms with E-state index < -0.39 is 18.3 Å². The summed E-state index contributed by atoms with van der Waals surface area (Å²) in [6.45, 7) is 1.15. The molecular weight excluding hydrogens is 160 g/mol. The van der Waals surface area contributed by atoms with E-state index in [0.717, 1.165) is 0 Å². The molecule has 0 aliphatic rings. The van der Waals surface area contributed by atoms with Gasteiger partial charge < -0.3 is 20.1 Å². The number of amides is 1. The van der Waals surface area contributed by atoms with Crippen LogP contribution in [0.5, 0.6) is 0 Å². The van der Waals surface area contributed by atoms with Gasteiger partial charge in [-0.1, -0.05) is 0 Å². The summed E-state index contributed by atoms with van der Waals surface area (Å²) in [6.07, 6.45) is -0.562. The molecule has 0 saturated heterocycles. The summed E-state index contributed by atoms with van der Waals surface area (Å²) in [5.74, 6) is -1.85. The summed E-state index contributed by atoms with van der Waals surface area (Å²) < 4.78 is 0. The van der Waals surface area contributed by atoms with Gasteiger partial charge in [0.1, 0.15) is 0 Å². The summed E-state index contributed by atoms with van der Waals surface area (Å²) in [4.78, 5) is 22.5. The van der Waals surface area contributed by atoms with E-state index in [4.69, 9.17) is 0 Å². The smallest absolute Gasteiger partial charge is 0.225 e. The first kappa shape index (κ1) is 10.9. The van der Waals surface area contributed by atoms with E-state index in [1.807, 2.05) is 19.0 Å². The third-order valence-corrected chi connectivity index (χ3v) is 1.19. The Morgan fingerprint density at radius 3 is 2.42 bits per heavy atom. The number of aliphatic carboxylic acids is 1. The van der Waals surface area contributed by atoms with Gasteiger partial charge in [-0.15, -0.1) is 0 Å². The molecule has 0 saturated carbocycles. The zero-order chi connectivity index (χ0) is 9.56. The summed E-state index contributed by atoms with van der Waals surface area (Å²) in [5.41, 5.74) is 0. The lowest BCUT2D eigenvalue weighted by Crippen LogP contribution is -2.35. The Morgan fingerprint density at radius 2 is 2.00 bits per heavy atom. The molecule has 0 aromatic rings. The van der Waals surface area contributed by atoms with Crippen LogP contribution in [0.15, 0.2) is 0 Å². The van der Waals surface area contributed by atoms with E-state index >= 15 is 0 Å². The predicted molar refractivity (Wildman–Crippen MR) is 41.2 cm³/mol. The monoisotopic (exact) mass is 173 g/mol. The predicted octanol–water partition coefficient (Wildman–Crippen LogP) is -2.20. The van der Waals surface area contributed by atoms with E-state index in [1.54, 1.807) is 0 Å². The molecule has 5 heteroatoms. The molecule has 12 heavy (non-hydrogen) atoms. The van der Waals surface area contributed by atoms with Crippen LogP contribution in [0, 0.1) is 0 Å². The maximum atomic E-state index is 10.7. The molecular formula is C7H13N2O3-. The maximum absolute atomic E-state index is 10.7. The Morgan fingerprint density at radius 1 is 1.42 bits per heavy atom. The van der Waals surface area contributed by atoms with Gasteiger partial charge >= 0.3 is 0 Å². The highest BCUT2D eigenvalue weighted by Crippen LogP contribution is 1.76. The van der Waals surface area contributed by atoms with Gasteiger partial charge in [0.25, 0.3) is 0 Å². The van der Waals surface area contributed by atoms with Crippen LogP contribution in [0.4, 0.5) is 0 Å². The average Bonchev–Trinajstić information content (AvgIpc) is 1.84. The Kier molecular flexibility index (Phi) is 5.03. The lowest BCUT2D eigenvalue weighted by Gasteiger charge is -2.10. The number of carbonyl (C=O) groups is 2. The molecule has 0 aromatic carbocycles. The summed E-state index contributed by atoms with van der Waals surface area (Å²) in [5, 5.41) is 12.4. The second kappa shape index (κ2) is 5.54. The lowest BCUT2D eigenvalue weighted by molar-refractivity contribution is -0.304. The fourth-order valence-electron chi connectivity index (χ4n) is 0.613. The van der Waals surface area contributed by atoms with Crippen LogP contribution in [-0.4, -0.2) is 44.0 Å². The summed E-state index contributed by atoms with van der Waals surface area (Å²) in [6, 6.07) is 0. The number of hydrogen-bond acceptors (Lipinski definition) is 4. The number of nitrogens with zero attached hydrogens (tertiary/aromatic N) is 1. The van der Waals surface area contributed by atoms with E-state index in [9.17, 15) is 14.7 Å². The van der Waals surface area contributed by atoms with Crippen molar-refractivity contribution < 1.29 is 14.7 Å². The van der Waals surface area contributed by atoms with Crippen molar-refractivity contribution in [1.29, 1.82) is 0 Å². The number of likely N-dealkylation sites (N-methyl/N-ethyl adjacent to an activating group) is 1. The average molecular weight is 173 g/mol. The first-order chi connectivity index (χ1) is 5.52. The topological polar surface area (TPSA) is 72.5 Å². The van der Waals surface area contributed by atoms with E-state index in [2.05, 4.69) is 5.32 Å². The Labute approximate surface area is 71.4 Å². The number of carboxylic acids is 1. The largest absolute Gasteiger partial charge is 0.550 e. The first-order valence-electron chi connectivity index (χ1n) is 3.63. The van der Waals surface area contributed by atoms with Crippen molar-refractivity contribution in [1.82, 2.24) is 10.2 Å². The molecule has 0 heterocycles. The maximum Gasteiger partial charge on any atom is 0.225 e. The minimum Gasteiger partial charge on any atom is -0.550 e. The molecule has 5 nitrogen and oxygen atoms in total. The van der Waals surface area contributed by atoms with Gasteiger partial charge in [-0.05, 0) is 14.1 Å². The van der Waals surface area contributed by atoms with Gasteiger partial charge in [0.05, 0.1) is 12.4 Å². The fraction of sp³-hybridized carbons (Fsp3) is 0.714. The number of rotatable bonds is 5. The highest BCUT2D eigenvalue weighted by molar-refractivity contribution is 5.92. The SMILES string of the molecule is CN(C)CCNC(=O)CC(=O)[O-]. The van der Waals surface area contributed by atoms with Gasteiger partial charge in [-0.2, -0.15) is 0 Å². The third-order valence-electron chi connectivity index (χ3n) is 1.19. The van der Waals surface area contributed by atoms with Crippen LogP contribution in [0.25, 0.3) is 0 Å². The van der Waals surface area contributed by atoms with Gasteiger partial charge in [0.2, 0.25) is 5.91 Å². The quantitative estimate of drug-likeness (QED) is 0.479. The molecule has 0 rings (SSSR count). The van der Waals surface area contributed by atoms with Gasteiger partial charge in [-0.25, -0.2) is 0 Å². The molecule has 1 amide bonds. The normalized spacial score (nSPS) is 9.92. The van der Waals surface area contributed by atoms with E-state index in [1.165, 1.54) is 0 Å². The summed E-state index contributed by atoms with van der Waals surface area (Å²) >= 11 is 0. The first-order valence-corrected chi connectivity index (χ1v) is 3.63. The fourth-order valence-corrected chi connectivity index (χ4v) is 0.613. The van der Waals surface area contributed by atoms with Crippen molar-refractivity contribution in [3.8, 4) is 0 Å². The molecule has 0 aromatic heterocycles. The second-order valence-corrected chi connectivity index (χ2v) is 2.70.